The number of anilines is 1. The Kier molecular flexibility index (Phi) is 3.65. The van der Waals surface area contributed by atoms with Crippen LogP contribution in [0, 0.1) is 12.8 Å². The van der Waals surface area contributed by atoms with E-state index in [1.807, 2.05) is 37.3 Å². The minimum Gasteiger partial charge on any atom is -0.399 e. The Bertz CT molecular complexity index is 654. The molecule has 0 radical (unpaired) electrons. The maximum Gasteiger partial charge on any atom is 0.224 e. The molecule has 0 aromatic heterocycles. The Labute approximate surface area is 125 Å². The number of hydrogen-bond donors (Lipinski definition) is 2. The van der Waals surface area contributed by atoms with Gasteiger partial charge in [-0.2, -0.15) is 0 Å². The van der Waals surface area contributed by atoms with Crippen molar-refractivity contribution >= 4 is 11.6 Å². The van der Waals surface area contributed by atoms with Gasteiger partial charge in [-0.15, -0.1) is 0 Å². The van der Waals surface area contributed by atoms with Crippen LogP contribution in [0.5, 0.6) is 0 Å². The molecule has 108 valence electrons. The highest BCUT2D eigenvalue weighted by Crippen LogP contribution is 2.26. The Morgan fingerprint density at radius 1 is 1.14 bits per heavy atom. The van der Waals surface area contributed by atoms with E-state index in [1.54, 1.807) is 0 Å². The van der Waals surface area contributed by atoms with Crippen molar-refractivity contribution in [1.82, 2.24) is 5.32 Å². The first-order chi connectivity index (χ1) is 10.1. The lowest BCUT2D eigenvalue weighted by molar-refractivity contribution is -0.124. The number of carbonyl (C=O) groups is 1. The maximum atomic E-state index is 12.3. The molecule has 0 saturated carbocycles. The van der Waals surface area contributed by atoms with Crippen molar-refractivity contribution in [2.45, 2.75) is 26.3 Å². The Hall–Kier alpha value is -2.29. The molecule has 3 N–H and O–H groups in total. The van der Waals surface area contributed by atoms with Gasteiger partial charge in [0, 0.05) is 18.2 Å². The zero-order valence-electron chi connectivity index (χ0n) is 12.2. The molecular formula is C18H20N2O. The van der Waals surface area contributed by atoms with Gasteiger partial charge < -0.3 is 11.1 Å². The van der Waals surface area contributed by atoms with Crippen molar-refractivity contribution in [2.75, 3.05) is 5.73 Å². The lowest BCUT2D eigenvalue weighted by Gasteiger charge is -2.13. The molecule has 0 aliphatic heterocycles. The van der Waals surface area contributed by atoms with Crippen molar-refractivity contribution in [3.63, 3.8) is 0 Å². The van der Waals surface area contributed by atoms with E-state index in [4.69, 9.17) is 5.73 Å². The van der Waals surface area contributed by atoms with Crippen molar-refractivity contribution in [3.8, 4) is 0 Å². The molecule has 0 atom stereocenters. The second-order valence-corrected chi connectivity index (χ2v) is 5.72. The number of carbonyl (C=O) groups excluding carboxylic acids is 1. The van der Waals surface area contributed by atoms with Crippen LogP contribution in [0.2, 0.25) is 0 Å². The molecule has 2 aromatic rings. The summed E-state index contributed by atoms with van der Waals surface area (Å²) < 4.78 is 0. The molecule has 0 spiro atoms. The third kappa shape index (κ3) is 2.77. The number of benzene rings is 2. The largest absolute Gasteiger partial charge is 0.399 e. The van der Waals surface area contributed by atoms with Gasteiger partial charge in [-0.25, -0.2) is 0 Å². The molecule has 1 amide bonds. The summed E-state index contributed by atoms with van der Waals surface area (Å²) in [6.45, 7) is 2.53. The zero-order chi connectivity index (χ0) is 14.8. The lowest BCUT2D eigenvalue weighted by atomic mass is 10.0. The fraction of sp³-hybridized carbons (Fsp3) is 0.278. The highest BCUT2D eigenvalue weighted by molar-refractivity contribution is 5.80. The third-order valence-electron chi connectivity index (χ3n) is 4.36. The molecule has 3 heteroatoms. The van der Waals surface area contributed by atoms with Gasteiger partial charge in [0.2, 0.25) is 5.91 Å². The lowest BCUT2D eigenvalue weighted by Crippen LogP contribution is -2.30. The molecule has 3 rings (SSSR count). The van der Waals surface area contributed by atoms with Crippen LogP contribution < -0.4 is 11.1 Å². The van der Waals surface area contributed by atoms with Gasteiger partial charge >= 0.3 is 0 Å². The first-order valence-electron chi connectivity index (χ1n) is 7.33. The van der Waals surface area contributed by atoms with Crippen LogP contribution in [0.15, 0.2) is 42.5 Å². The number of fused-ring (bicyclic) bond motifs is 1. The minimum absolute atomic E-state index is 0.0590. The number of nitrogens with one attached hydrogen (secondary N) is 1. The number of hydrogen-bond acceptors (Lipinski definition) is 2. The average Bonchev–Trinajstić information content (AvgIpc) is 2.92. The summed E-state index contributed by atoms with van der Waals surface area (Å²) in [6.07, 6.45) is 1.69. The van der Waals surface area contributed by atoms with E-state index in [-0.39, 0.29) is 11.8 Å². The van der Waals surface area contributed by atoms with Crippen LogP contribution in [0.25, 0.3) is 0 Å². The number of amides is 1. The van der Waals surface area contributed by atoms with Crippen molar-refractivity contribution < 1.29 is 4.79 Å². The van der Waals surface area contributed by atoms with E-state index in [1.165, 1.54) is 11.1 Å². The van der Waals surface area contributed by atoms with Gasteiger partial charge in [-0.1, -0.05) is 36.4 Å². The van der Waals surface area contributed by atoms with Crippen LogP contribution in [-0.4, -0.2) is 5.91 Å². The molecule has 0 unspecified atom stereocenters. The maximum absolute atomic E-state index is 12.3. The fourth-order valence-corrected chi connectivity index (χ4v) is 2.97. The molecule has 0 bridgehead atoms. The average molecular weight is 280 g/mol. The van der Waals surface area contributed by atoms with E-state index in [0.29, 0.717) is 6.54 Å². The van der Waals surface area contributed by atoms with E-state index < -0.39 is 0 Å². The molecule has 2 aromatic carbocycles. The summed E-state index contributed by atoms with van der Waals surface area (Å²) in [6, 6.07) is 14.1. The molecule has 21 heavy (non-hydrogen) atoms. The summed E-state index contributed by atoms with van der Waals surface area (Å²) in [4.78, 5) is 12.3. The fourth-order valence-electron chi connectivity index (χ4n) is 2.97. The first-order valence-corrected chi connectivity index (χ1v) is 7.33. The SMILES string of the molecule is Cc1c(N)cccc1CNC(=O)C1Cc2ccccc2C1. The van der Waals surface area contributed by atoms with Gasteiger partial charge in [0.05, 0.1) is 0 Å². The predicted octanol–water partition coefficient (Wildman–Crippen LogP) is 2.61. The van der Waals surface area contributed by atoms with Gasteiger partial charge in [0.1, 0.15) is 0 Å². The van der Waals surface area contributed by atoms with Gasteiger partial charge in [0.15, 0.2) is 0 Å². The normalized spacial score (nSPS) is 14.0. The topological polar surface area (TPSA) is 55.1 Å². The van der Waals surface area contributed by atoms with E-state index in [0.717, 1.165) is 29.7 Å². The Morgan fingerprint density at radius 2 is 1.81 bits per heavy atom. The smallest absolute Gasteiger partial charge is 0.224 e. The van der Waals surface area contributed by atoms with Gasteiger partial charge in [-0.3, -0.25) is 4.79 Å². The third-order valence-corrected chi connectivity index (χ3v) is 4.36. The second-order valence-electron chi connectivity index (χ2n) is 5.72. The number of rotatable bonds is 3. The highest BCUT2D eigenvalue weighted by atomic mass is 16.1. The Morgan fingerprint density at radius 3 is 2.48 bits per heavy atom. The molecule has 1 aliphatic carbocycles. The second kappa shape index (κ2) is 5.60. The predicted molar refractivity (Wildman–Crippen MR) is 84.8 cm³/mol. The molecule has 0 heterocycles. The highest BCUT2D eigenvalue weighted by Gasteiger charge is 2.26. The standard InChI is InChI=1S/C18H20N2O/c1-12-15(7-4-8-17(12)19)11-20-18(21)16-9-13-5-2-3-6-14(13)10-16/h2-8,16H,9-11,19H2,1H3,(H,20,21). The van der Waals surface area contributed by atoms with E-state index in [9.17, 15) is 4.79 Å². The Balaban J connectivity index is 1.62. The van der Waals surface area contributed by atoms with Crippen molar-refractivity contribution in [1.29, 1.82) is 0 Å². The number of nitrogen functional groups attached to an aromatic ring is 1. The summed E-state index contributed by atoms with van der Waals surface area (Å²) in [5, 5.41) is 3.05. The van der Waals surface area contributed by atoms with Crippen LogP contribution in [0.1, 0.15) is 22.3 Å². The van der Waals surface area contributed by atoms with Crippen LogP contribution in [0.3, 0.4) is 0 Å². The van der Waals surface area contributed by atoms with Crippen LogP contribution >= 0.6 is 0 Å². The van der Waals surface area contributed by atoms with Gasteiger partial charge in [-0.05, 0) is 48.1 Å². The molecule has 3 nitrogen and oxygen atoms in total. The summed E-state index contributed by atoms with van der Waals surface area (Å²) in [5.41, 5.74) is 11.4. The summed E-state index contributed by atoms with van der Waals surface area (Å²) >= 11 is 0. The first kappa shape index (κ1) is 13.7. The quantitative estimate of drug-likeness (QED) is 0.849. The monoisotopic (exact) mass is 280 g/mol. The van der Waals surface area contributed by atoms with Crippen LogP contribution in [0.4, 0.5) is 5.69 Å². The van der Waals surface area contributed by atoms with Crippen molar-refractivity contribution in [2.24, 2.45) is 5.92 Å². The molecule has 0 fully saturated rings. The van der Waals surface area contributed by atoms with Crippen LogP contribution in [-0.2, 0) is 24.2 Å². The summed E-state index contributed by atoms with van der Waals surface area (Å²) in [5.74, 6) is 0.191. The molecular weight excluding hydrogens is 260 g/mol. The van der Waals surface area contributed by atoms with E-state index >= 15 is 0 Å². The summed E-state index contributed by atoms with van der Waals surface area (Å²) in [7, 11) is 0. The number of nitrogens with two attached hydrogens (primary N) is 1. The van der Waals surface area contributed by atoms with Crippen molar-refractivity contribution in [3.05, 3.63) is 64.7 Å². The molecule has 1 aliphatic rings. The van der Waals surface area contributed by atoms with Gasteiger partial charge in [0.25, 0.3) is 0 Å². The zero-order valence-corrected chi connectivity index (χ0v) is 12.2. The minimum atomic E-state index is 0.0590. The molecule has 0 saturated heterocycles. The van der Waals surface area contributed by atoms with E-state index in [2.05, 4.69) is 17.4 Å².